The van der Waals surface area contributed by atoms with Crippen LogP contribution in [0.3, 0.4) is 0 Å². The minimum absolute atomic E-state index is 0.0171. The summed E-state index contributed by atoms with van der Waals surface area (Å²) in [6.07, 6.45) is 5.11. The normalized spacial score (nSPS) is 12.0. The molecule has 176 valence electrons. The molecule has 34 heavy (non-hydrogen) atoms. The maximum Gasteiger partial charge on any atom is 0.416 e. The topological polar surface area (TPSA) is 56.7 Å². The predicted octanol–water partition coefficient (Wildman–Crippen LogP) is 6.52. The molecule has 0 bridgehead atoms. The first-order valence-corrected chi connectivity index (χ1v) is 11.4. The molecule has 0 spiro atoms. The zero-order valence-corrected chi connectivity index (χ0v) is 18.7. The van der Waals surface area contributed by atoms with Crippen molar-refractivity contribution < 1.29 is 22.0 Å². The molecule has 0 aliphatic rings. The summed E-state index contributed by atoms with van der Waals surface area (Å²) in [7, 11) is 0. The van der Waals surface area contributed by atoms with E-state index in [1.807, 2.05) is 10.9 Å². The van der Waals surface area contributed by atoms with Gasteiger partial charge in [-0.2, -0.15) is 13.2 Å². The molecule has 10 heteroatoms. The summed E-state index contributed by atoms with van der Waals surface area (Å²) in [6.45, 7) is 0.824. The van der Waals surface area contributed by atoms with Gasteiger partial charge >= 0.3 is 6.18 Å². The molecule has 2 aromatic carbocycles. The van der Waals surface area contributed by atoms with Crippen molar-refractivity contribution in [1.29, 1.82) is 0 Å². The van der Waals surface area contributed by atoms with Crippen LogP contribution in [-0.2, 0) is 24.9 Å². The minimum atomic E-state index is -4.59. The van der Waals surface area contributed by atoms with Crippen LogP contribution >= 0.6 is 11.8 Å². The van der Waals surface area contributed by atoms with E-state index in [0.29, 0.717) is 17.5 Å². The molecule has 5 nitrogen and oxygen atoms in total. The number of oxazole rings is 1. The summed E-state index contributed by atoms with van der Waals surface area (Å²) >= 11 is 1.60. The summed E-state index contributed by atoms with van der Waals surface area (Å²) in [4.78, 5) is 5.41. The van der Waals surface area contributed by atoms with E-state index in [2.05, 4.69) is 39.6 Å². The van der Waals surface area contributed by atoms with Gasteiger partial charge in [0.2, 0.25) is 5.89 Å². The lowest BCUT2D eigenvalue weighted by atomic mass is 10.1. The van der Waals surface area contributed by atoms with Crippen molar-refractivity contribution in [2.45, 2.75) is 36.2 Å². The van der Waals surface area contributed by atoms with Crippen LogP contribution in [0.2, 0.25) is 0 Å². The van der Waals surface area contributed by atoms with Crippen molar-refractivity contribution in [2.75, 3.05) is 0 Å². The maximum atomic E-state index is 13.9. The van der Waals surface area contributed by atoms with E-state index in [4.69, 9.17) is 4.42 Å². The fourth-order valence-corrected chi connectivity index (χ4v) is 3.95. The van der Waals surface area contributed by atoms with E-state index < -0.39 is 17.6 Å². The molecular formula is C24H20F4N4OS. The van der Waals surface area contributed by atoms with E-state index in [-0.39, 0.29) is 11.5 Å². The first-order valence-electron chi connectivity index (χ1n) is 10.4. The molecule has 2 heterocycles. The molecule has 0 N–H and O–H groups in total. The molecule has 0 aliphatic carbocycles. The average molecular weight is 489 g/mol. The van der Waals surface area contributed by atoms with Gasteiger partial charge in [-0.25, -0.2) is 9.37 Å². The van der Waals surface area contributed by atoms with Crippen molar-refractivity contribution in [3.63, 3.8) is 0 Å². The van der Waals surface area contributed by atoms with Crippen LogP contribution in [0.5, 0.6) is 0 Å². The Morgan fingerprint density at radius 2 is 1.88 bits per heavy atom. The predicted molar refractivity (Wildman–Crippen MR) is 121 cm³/mol. The molecule has 0 fully saturated rings. The average Bonchev–Trinajstić information content (AvgIpc) is 3.49. The van der Waals surface area contributed by atoms with Crippen LogP contribution in [0.25, 0.3) is 12.2 Å². The second-order valence-electron chi connectivity index (χ2n) is 7.45. The molecule has 0 unspecified atom stereocenters. The Kier molecular flexibility index (Phi) is 7.46. The monoisotopic (exact) mass is 488 g/mol. The molecule has 0 saturated heterocycles. The van der Waals surface area contributed by atoms with Gasteiger partial charge in [-0.3, -0.25) is 4.68 Å². The summed E-state index contributed by atoms with van der Waals surface area (Å²) in [5, 5.41) is 7.74. The lowest BCUT2D eigenvalue weighted by molar-refractivity contribution is -0.137. The van der Waals surface area contributed by atoms with E-state index in [1.54, 1.807) is 18.0 Å². The molecule has 0 aliphatic heterocycles. The highest BCUT2D eigenvalue weighted by Crippen LogP contribution is 2.30. The highest BCUT2D eigenvalue weighted by atomic mass is 32.2. The van der Waals surface area contributed by atoms with Gasteiger partial charge < -0.3 is 4.42 Å². The van der Waals surface area contributed by atoms with Crippen LogP contribution in [0.1, 0.15) is 34.7 Å². The van der Waals surface area contributed by atoms with Gasteiger partial charge in [-0.1, -0.05) is 23.4 Å². The second kappa shape index (κ2) is 10.7. The SMILES string of the molecule is Fc1cc(C(F)(F)F)ccc1/C=C/c1nc(CSc2ccc(CCCn3ccnn3)cc2)co1. The number of aryl methyl sites for hydroxylation is 2. The van der Waals surface area contributed by atoms with Crippen molar-refractivity contribution in [3.05, 3.63) is 95.2 Å². The first-order chi connectivity index (χ1) is 16.4. The molecule has 4 rings (SSSR count). The van der Waals surface area contributed by atoms with E-state index in [0.717, 1.165) is 36.4 Å². The Morgan fingerprint density at radius 1 is 1.06 bits per heavy atom. The van der Waals surface area contributed by atoms with Crippen LogP contribution in [0, 0.1) is 5.82 Å². The van der Waals surface area contributed by atoms with Crippen molar-refractivity contribution in [2.24, 2.45) is 0 Å². The fraction of sp³-hybridized carbons (Fsp3) is 0.208. The highest BCUT2D eigenvalue weighted by Gasteiger charge is 2.30. The number of rotatable bonds is 9. The molecule has 0 saturated carbocycles. The third kappa shape index (κ3) is 6.57. The third-order valence-corrected chi connectivity index (χ3v) is 5.98. The van der Waals surface area contributed by atoms with E-state index in [9.17, 15) is 17.6 Å². The van der Waals surface area contributed by atoms with Crippen molar-refractivity contribution in [3.8, 4) is 0 Å². The van der Waals surface area contributed by atoms with Gasteiger partial charge in [0.25, 0.3) is 0 Å². The fourth-order valence-electron chi connectivity index (χ4n) is 3.17. The number of nitrogens with zero attached hydrogens (tertiary/aromatic N) is 4. The van der Waals surface area contributed by atoms with Gasteiger partial charge in [0.1, 0.15) is 12.1 Å². The largest absolute Gasteiger partial charge is 0.445 e. The lowest BCUT2D eigenvalue weighted by Gasteiger charge is -2.07. The van der Waals surface area contributed by atoms with Gasteiger partial charge in [-0.05, 0) is 48.7 Å². The van der Waals surface area contributed by atoms with Crippen molar-refractivity contribution in [1.82, 2.24) is 20.0 Å². The van der Waals surface area contributed by atoms with Gasteiger partial charge in [0.15, 0.2) is 0 Å². The van der Waals surface area contributed by atoms with Crippen LogP contribution in [0.4, 0.5) is 17.6 Å². The third-order valence-electron chi connectivity index (χ3n) is 4.94. The molecular weight excluding hydrogens is 468 g/mol. The Hall–Kier alpha value is -3.40. The van der Waals surface area contributed by atoms with Crippen LogP contribution in [-0.4, -0.2) is 20.0 Å². The number of aromatic nitrogens is 4. The summed E-state index contributed by atoms with van der Waals surface area (Å²) in [5.41, 5.74) is 0.934. The number of alkyl halides is 3. The van der Waals surface area contributed by atoms with Gasteiger partial charge in [-0.15, -0.1) is 16.9 Å². The number of thioether (sulfide) groups is 1. The molecule has 4 aromatic rings. The number of hydrogen-bond donors (Lipinski definition) is 0. The molecule has 2 aromatic heterocycles. The van der Waals surface area contributed by atoms with Crippen molar-refractivity contribution >= 4 is 23.9 Å². The molecule has 0 amide bonds. The first kappa shape index (κ1) is 23.7. The molecule has 0 atom stereocenters. The Morgan fingerprint density at radius 3 is 2.59 bits per heavy atom. The minimum Gasteiger partial charge on any atom is -0.445 e. The smallest absolute Gasteiger partial charge is 0.416 e. The van der Waals surface area contributed by atoms with Gasteiger partial charge in [0.05, 0.1) is 17.5 Å². The Balaban J connectivity index is 1.27. The zero-order chi connectivity index (χ0) is 24.0. The second-order valence-corrected chi connectivity index (χ2v) is 8.50. The zero-order valence-electron chi connectivity index (χ0n) is 17.9. The summed E-state index contributed by atoms with van der Waals surface area (Å²) in [5.74, 6) is -0.134. The van der Waals surface area contributed by atoms with Gasteiger partial charge in [0, 0.05) is 35.0 Å². The quantitative estimate of drug-likeness (QED) is 0.198. The van der Waals surface area contributed by atoms with Crippen LogP contribution < -0.4 is 0 Å². The Labute approximate surface area is 197 Å². The Bertz CT molecular complexity index is 1230. The number of halogens is 4. The van der Waals surface area contributed by atoms with E-state index in [1.165, 1.54) is 24.0 Å². The highest BCUT2D eigenvalue weighted by molar-refractivity contribution is 7.98. The van der Waals surface area contributed by atoms with Crippen LogP contribution in [0.15, 0.2) is 70.4 Å². The summed E-state index contributed by atoms with van der Waals surface area (Å²) < 4.78 is 59.1. The summed E-state index contributed by atoms with van der Waals surface area (Å²) in [6, 6.07) is 10.7. The standard InChI is InChI=1S/C24H20F4N4OS/c25-22-14-19(24(26,27)28)7-5-18(22)6-10-23-30-20(15-33-23)16-34-21-8-3-17(4-9-21)2-1-12-32-13-11-29-31-32/h3-11,13-15H,1-2,12,16H2/b10-6+. The lowest BCUT2D eigenvalue weighted by Crippen LogP contribution is -2.05. The molecule has 0 radical (unpaired) electrons. The van der Waals surface area contributed by atoms with E-state index >= 15 is 0 Å². The maximum absolute atomic E-state index is 13.9. The number of benzene rings is 2. The number of hydrogen-bond acceptors (Lipinski definition) is 5.